The summed E-state index contributed by atoms with van der Waals surface area (Å²) in [5.41, 5.74) is 3.11. The van der Waals surface area contributed by atoms with Crippen molar-refractivity contribution in [2.45, 2.75) is 26.4 Å². The summed E-state index contributed by atoms with van der Waals surface area (Å²) in [6.45, 7) is 3.90. The van der Waals surface area contributed by atoms with E-state index in [1.807, 2.05) is 6.92 Å². The predicted molar refractivity (Wildman–Crippen MR) is 66.0 cm³/mol. The summed E-state index contributed by atoms with van der Waals surface area (Å²) in [6, 6.07) is 1.48. The molecular formula is C11H18N4O4. The van der Waals surface area contributed by atoms with Crippen LogP contribution in [0.1, 0.15) is 19.4 Å². The number of rotatable bonds is 7. The Morgan fingerprint density at radius 1 is 1.63 bits per heavy atom. The van der Waals surface area contributed by atoms with Gasteiger partial charge in [0.25, 0.3) is 5.88 Å². The van der Waals surface area contributed by atoms with Crippen LogP contribution in [0.3, 0.4) is 0 Å². The van der Waals surface area contributed by atoms with E-state index in [0.29, 0.717) is 12.2 Å². The van der Waals surface area contributed by atoms with E-state index in [4.69, 9.17) is 10.1 Å². The van der Waals surface area contributed by atoms with Gasteiger partial charge < -0.3 is 9.79 Å². The molecule has 19 heavy (non-hydrogen) atoms. The van der Waals surface area contributed by atoms with Crippen molar-refractivity contribution in [1.29, 1.82) is 0 Å². The maximum absolute atomic E-state index is 11.7. The van der Waals surface area contributed by atoms with Gasteiger partial charge in [-0.25, -0.2) is 10.7 Å². The Morgan fingerprint density at radius 3 is 2.95 bits per heavy atom. The average Bonchev–Trinajstić information content (AvgIpc) is 2.42. The van der Waals surface area contributed by atoms with Crippen LogP contribution in [0.5, 0.6) is 5.88 Å². The summed E-state index contributed by atoms with van der Waals surface area (Å²) >= 11 is 0. The molecule has 0 fully saturated rings. The molecular weight excluding hydrogens is 252 g/mol. The highest BCUT2D eigenvalue weighted by atomic mass is 17.1. The van der Waals surface area contributed by atoms with Crippen molar-refractivity contribution < 1.29 is 19.8 Å². The number of hydrogen-bond acceptors (Lipinski definition) is 7. The zero-order valence-corrected chi connectivity index (χ0v) is 11.2. The second-order valence-corrected chi connectivity index (χ2v) is 3.96. The average molecular weight is 270 g/mol. The van der Waals surface area contributed by atoms with Crippen LogP contribution < -0.4 is 10.4 Å². The smallest absolute Gasteiger partial charge is 0.279 e. The predicted octanol–water partition coefficient (Wildman–Crippen LogP) is 0.216. The Bertz CT molecular complexity index is 415. The van der Waals surface area contributed by atoms with Crippen LogP contribution in [0.15, 0.2) is 12.3 Å². The molecule has 1 aromatic heterocycles. The zero-order valence-electron chi connectivity index (χ0n) is 11.2. The van der Waals surface area contributed by atoms with Gasteiger partial charge in [-0.3, -0.25) is 9.63 Å². The van der Waals surface area contributed by atoms with Crippen molar-refractivity contribution >= 4 is 5.91 Å². The van der Waals surface area contributed by atoms with E-state index in [1.165, 1.54) is 13.1 Å². The first-order valence-electron chi connectivity index (χ1n) is 5.77. The van der Waals surface area contributed by atoms with Gasteiger partial charge in [-0.2, -0.15) is 5.10 Å². The molecule has 0 aliphatic rings. The van der Waals surface area contributed by atoms with Crippen molar-refractivity contribution in [2.24, 2.45) is 0 Å². The van der Waals surface area contributed by atoms with E-state index >= 15 is 0 Å². The summed E-state index contributed by atoms with van der Waals surface area (Å²) in [7, 11) is 1.65. The minimum absolute atomic E-state index is 0.0181. The lowest BCUT2D eigenvalue weighted by Crippen LogP contribution is -2.40. The molecule has 0 spiro atoms. The van der Waals surface area contributed by atoms with Crippen LogP contribution in [-0.2, 0) is 16.2 Å². The first kappa shape index (κ1) is 15.3. The molecule has 1 amide bonds. The molecule has 0 bridgehead atoms. The lowest BCUT2D eigenvalue weighted by atomic mass is 10.2. The summed E-state index contributed by atoms with van der Waals surface area (Å²) in [5, 5.41) is 15.9. The fraction of sp³-hybridized carbons (Fsp3) is 0.545. The molecule has 0 aromatic carbocycles. The van der Waals surface area contributed by atoms with Gasteiger partial charge in [0.15, 0.2) is 0 Å². The van der Waals surface area contributed by atoms with Crippen LogP contribution in [-0.4, -0.2) is 46.0 Å². The molecule has 1 atom stereocenters. The van der Waals surface area contributed by atoms with Gasteiger partial charge in [-0.15, -0.1) is 5.10 Å². The van der Waals surface area contributed by atoms with Gasteiger partial charge in [0.1, 0.15) is 0 Å². The lowest BCUT2D eigenvalue weighted by molar-refractivity contribution is -0.144. The minimum atomic E-state index is -0.148. The molecule has 1 rings (SSSR count). The maximum atomic E-state index is 11.7. The topological polar surface area (TPSA) is 96.8 Å². The van der Waals surface area contributed by atoms with Crippen LogP contribution >= 0.6 is 0 Å². The number of amides is 1. The minimum Gasteiger partial charge on any atom is -0.333 e. The van der Waals surface area contributed by atoms with Gasteiger partial charge in [-0.05, 0) is 13.0 Å². The largest absolute Gasteiger partial charge is 0.333 e. The molecule has 0 saturated carbocycles. The zero-order chi connectivity index (χ0) is 14.3. The monoisotopic (exact) mass is 270 g/mol. The number of hydrogen-bond donors (Lipinski definition) is 2. The molecule has 1 unspecified atom stereocenters. The lowest BCUT2D eigenvalue weighted by Gasteiger charge is -2.27. The molecule has 8 heteroatoms. The Hall–Kier alpha value is -1.77. The highest BCUT2D eigenvalue weighted by Gasteiger charge is 2.19. The molecule has 0 radical (unpaired) electrons. The SMILES string of the molecule is CNOCC(C)N(Cc1ccnnc1OO)C(C)=O. The summed E-state index contributed by atoms with van der Waals surface area (Å²) in [6.07, 6.45) is 1.46. The quantitative estimate of drug-likeness (QED) is 0.540. The number of nitrogens with one attached hydrogen (secondary N) is 1. The van der Waals surface area contributed by atoms with Crippen LogP contribution in [0.2, 0.25) is 0 Å². The standard InChI is InChI=1S/C11H18N4O4/c1-8(7-18-12-3)15(9(2)16)6-10-4-5-13-14-11(10)19-17/h4-5,8,12,17H,6-7H2,1-3H3. The molecule has 8 nitrogen and oxygen atoms in total. The number of carbonyl (C=O) groups excluding carboxylic acids is 1. The normalized spacial score (nSPS) is 12.0. The third-order valence-electron chi connectivity index (χ3n) is 2.60. The fourth-order valence-corrected chi connectivity index (χ4v) is 1.60. The van der Waals surface area contributed by atoms with Gasteiger partial charge in [-0.1, -0.05) is 0 Å². The molecule has 1 heterocycles. The van der Waals surface area contributed by atoms with Gasteiger partial charge in [0, 0.05) is 19.5 Å². The maximum Gasteiger partial charge on any atom is 0.279 e. The molecule has 106 valence electrons. The Kier molecular flexibility index (Phi) is 6.13. The second kappa shape index (κ2) is 7.62. The third kappa shape index (κ3) is 4.43. The van der Waals surface area contributed by atoms with Crippen molar-refractivity contribution in [1.82, 2.24) is 20.6 Å². The van der Waals surface area contributed by atoms with Crippen LogP contribution in [0.4, 0.5) is 0 Å². The molecule has 1 aromatic rings. The highest BCUT2D eigenvalue weighted by molar-refractivity contribution is 5.73. The van der Waals surface area contributed by atoms with Crippen molar-refractivity contribution in [3.63, 3.8) is 0 Å². The van der Waals surface area contributed by atoms with E-state index in [0.717, 1.165) is 0 Å². The van der Waals surface area contributed by atoms with Gasteiger partial charge in [0.2, 0.25) is 5.91 Å². The van der Waals surface area contributed by atoms with Gasteiger partial charge >= 0.3 is 0 Å². The van der Waals surface area contributed by atoms with E-state index in [9.17, 15) is 4.79 Å². The van der Waals surface area contributed by atoms with Crippen molar-refractivity contribution in [2.75, 3.05) is 13.7 Å². The first-order chi connectivity index (χ1) is 9.10. The molecule has 0 aliphatic carbocycles. The molecule has 0 saturated heterocycles. The fourth-order valence-electron chi connectivity index (χ4n) is 1.60. The van der Waals surface area contributed by atoms with Gasteiger partial charge in [0.05, 0.1) is 25.4 Å². The van der Waals surface area contributed by atoms with E-state index in [1.54, 1.807) is 18.0 Å². The van der Waals surface area contributed by atoms with E-state index < -0.39 is 0 Å². The number of carbonyl (C=O) groups is 1. The van der Waals surface area contributed by atoms with Crippen LogP contribution in [0.25, 0.3) is 0 Å². The van der Waals surface area contributed by atoms with Crippen molar-refractivity contribution in [3.8, 4) is 5.88 Å². The van der Waals surface area contributed by atoms with E-state index in [2.05, 4.69) is 20.6 Å². The second-order valence-electron chi connectivity index (χ2n) is 3.96. The summed E-state index contributed by atoms with van der Waals surface area (Å²) in [4.78, 5) is 22.4. The summed E-state index contributed by atoms with van der Waals surface area (Å²) in [5.74, 6) is -0.136. The Labute approximate surface area is 111 Å². The number of nitrogens with zero attached hydrogens (tertiary/aromatic N) is 3. The van der Waals surface area contributed by atoms with Crippen LogP contribution in [0, 0.1) is 0 Å². The molecule has 2 N–H and O–H groups in total. The first-order valence-corrected chi connectivity index (χ1v) is 5.77. The van der Waals surface area contributed by atoms with Crippen molar-refractivity contribution in [3.05, 3.63) is 17.8 Å². The molecule has 0 aliphatic heterocycles. The Morgan fingerprint density at radius 2 is 2.37 bits per heavy atom. The third-order valence-corrected chi connectivity index (χ3v) is 2.60. The summed E-state index contributed by atoms with van der Waals surface area (Å²) < 4.78 is 0. The number of hydroxylamine groups is 1. The Balaban J connectivity index is 2.80. The number of aromatic nitrogens is 2. The van der Waals surface area contributed by atoms with E-state index in [-0.39, 0.29) is 24.4 Å². The highest BCUT2D eigenvalue weighted by Crippen LogP contribution is 2.16.